The first-order chi connectivity index (χ1) is 20.7. The number of pyridine rings is 2. The molecule has 1 amide bonds. The van der Waals surface area contributed by atoms with Crippen molar-refractivity contribution in [2.24, 2.45) is 5.92 Å². The second kappa shape index (κ2) is 11.8. The first kappa shape index (κ1) is 31.4. The molecule has 0 spiro atoms. The summed E-state index contributed by atoms with van der Waals surface area (Å²) in [6.45, 7) is 13.2. The zero-order valence-electron chi connectivity index (χ0n) is 26.5. The third kappa shape index (κ3) is 5.77. The molecule has 1 aliphatic heterocycles. The molecule has 1 aliphatic rings. The quantitative estimate of drug-likeness (QED) is 0.223. The third-order valence-corrected chi connectivity index (χ3v) is 8.91. The molecular formula is C34H39ClFN5O3. The molecule has 4 aromatic rings. The van der Waals surface area contributed by atoms with Crippen LogP contribution in [0.4, 0.5) is 10.2 Å². The van der Waals surface area contributed by atoms with Crippen molar-refractivity contribution in [2.45, 2.75) is 59.5 Å². The van der Waals surface area contributed by atoms with Crippen LogP contribution >= 0.6 is 11.6 Å². The van der Waals surface area contributed by atoms with Crippen LogP contribution in [0.2, 0.25) is 5.02 Å². The van der Waals surface area contributed by atoms with Crippen LogP contribution in [0.5, 0.6) is 0 Å². The Labute approximate surface area is 262 Å². The average Bonchev–Trinajstić information content (AvgIpc) is 3.37. The number of halogens is 2. The second-order valence-electron chi connectivity index (χ2n) is 12.7. The van der Waals surface area contributed by atoms with E-state index in [-0.39, 0.29) is 28.4 Å². The van der Waals surface area contributed by atoms with Gasteiger partial charge in [0.2, 0.25) is 0 Å². The Bertz CT molecular complexity index is 1740. The number of aryl methyl sites for hydroxylation is 2. The normalized spacial score (nSPS) is 17.2. The predicted octanol–water partition coefficient (Wildman–Crippen LogP) is 7.04. The molecule has 2 atom stereocenters. The number of ether oxygens (including phenoxy) is 1. The van der Waals surface area contributed by atoms with Gasteiger partial charge in [0.1, 0.15) is 23.0 Å². The molecule has 3 aromatic heterocycles. The fourth-order valence-electron chi connectivity index (χ4n) is 6.25. The van der Waals surface area contributed by atoms with Crippen LogP contribution < -0.4 is 4.90 Å². The van der Waals surface area contributed by atoms with Crippen molar-refractivity contribution in [3.05, 3.63) is 75.9 Å². The Morgan fingerprint density at radius 1 is 1.11 bits per heavy atom. The molecule has 10 heteroatoms. The lowest BCUT2D eigenvalue weighted by molar-refractivity contribution is 0.0598. The van der Waals surface area contributed by atoms with Crippen LogP contribution in [0.3, 0.4) is 0 Å². The van der Waals surface area contributed by atoms with Crippen LogP contribution in [-0.2, 0) is 10.3 Å². The van der Waals surface area contributed by atoms with Gasteiger partial charge in [-0.3, -0.25) is 4.79 Å². The number of carbonyl (C=O) groups excluding carboxylic acids is 2. The summed E-state index contributed by atoms with van der Waals surface area (Å²) in [6, 6.07) is 10.5. The Kier molecular flexibility index (Phi) is 8.46. The van der Waals surface area contributed by atoms with Gasteiger partial charge in [0.25, 0.3) is 5.91 Å². The minimum atomic E-state index is -0.483. The third-order valence-electron chi connectivity index (χ3n) is 8.60. The Morgan fingerprint density at radius 2 is 1.84 bits per heavy atom. The molecular weight excluding hydrogens is 581 g/mol. The van der Waals surface area contributed by atoms with E-state index in [0.29, 0.717) is 41.3 Å². The number of aromatic nitrogens is 3. The number of methoxy groups -OCH3 is 1. The molecule has 0 radical (unpaired) electrons. The zero-order valence-corrected chi connectivity index (χ0v) is 27.3. The van der Waals surface area contributed by atoms with Crippen molar-refractivity contribution in [1.82, 2.24) is 19.4 Å². The number of anilines is 1. The van der Waals surface area contributed by atoms with Gasteiger partial charge in [0, 0.05) is 48.9 Å². The number of fused-ring (bicyclic) bond motifs is 1. The smallest absolute Gasteiger partial charge is 0.339 e. The lowest BCUT2D eigenvalue weighted by Gasteiger charge is -2.41. The molecule has 0 N–H and O–H groups in total. The van der Waals surface area contributed by atoms with E-state index in [1.165, 1.54) is 13.2 Å². The average molecular weight is 620 g/mol. The summed E-state index contributed by atoms with van der Waals surface area (Å²) in [6.07, 6.45) is 2.72. The van der Waals surface area contributed by atoms with Gasteiger partial charge in [-0.25, -0.2) is 19.2 Å². The second-order valence-corrected chi connectivity index (χ2v) is 13.1. The van der Waals surface area contributed by atoms with Crippen molar-refractivity contribution >= 4 is 40.3 Å². The van der Waals surface area contributed by atoms with Crippen molar-refractivity contribution < 1.29 is 18.7 Å². The maximum absolute atomic E-state index is 14.4. The van der Waals surface area contributed by atoms with Gasteiger partial charge >= 0.3 is 5.97 Å². The van der Waals surface area contributed by atoms with Gasteiger partial charge in [-0.05, 0) is 88.4 Å². The monoisotopic (exact) mass is 619 g/mol. The number of piperidine rings is 1. The number of likely N-dealkylation sites (tertiary alicyclic amines) is 1. The Morgan fingerprint density at radius 3 is 2.45 bits per heavy atom. The highest BCUT2D eigenvalue weighted by Gasteiger charge is 2.33. The topological polar surface area (TPSA) is 80.6 Å². The van der Waals surface area contributed by atoms with Crippen molar-refractivity contribution in [3.63, 3.8) is 0 Å². The number of nitrogens with zero attached hydrogens (tertiary/aromatic N) is 5. The number of amides is 1. The van der Waals surface area contributed by atoms with Gasteiger partial charge < -0.3 is 19.1 Å². The van der Waals surface area contributed by atoms with Gasteiger partial charge in [-0.2, -0.15) is 0 Å². The highest BCUT2D eigenvalue weighted by Crippen LogP contribution is 2.35. The number of esters is 1. The highest BCUT2D eigenvalue weighted by molar-refractivity contribution is 6.30. The summed E-state index contributed by atoms with van der Waals surface area (Å²) >= 11 is 5.94. The SMILES string of the molecule is COC(=O)c1c(C)cc(N(C)C2CCN(C(=O)c3ccc4c(-c5ccc(Cl)c(F)c5)cn(C(C)(C)C)c4n3)CC2C)nc1C. The minimum Gasteiger partial charge on any atom is -0.465 e. The summed E-state index contributed by atoms with van der Waals surface area (Å²) in [5.41, 5.74) is 4.18. The van der Waals surface area contributed by atoms with E-state index >= 15 is 0 Å². The molecule has 0 bridgehead atoms. The van der Waals surface area contributed by atoms with Gasteiger partial charge in [-0.1, -0.05) is 24.6 Å². The van der Waals surface area contributed by atoms with E-state index in [2.05, 4.69) is 32.6 Å². The number of benzene rings is 1. The molecule has 44 heavy (non-hydrogen) atoms. The first-order valence-corrected chi connectivity index (χ1v) is 15.2. The standard InChI is InChI=1S/C34H39ClFN5O3/c1-19-15-29(37-21(3)30(19)33(43)44-8)39(7)28-13-14-40(17-20(28)2)32(42)27-12-10-23-24(22-9-11-25(35)26(36)16-22)18-41(31(23)38-27)34(4,5)6/h9-12,15-16,18,20,28H,13-14,17H2,1-8H3. The summed E-state index contributed by atoms with van der Waals surface area (Å²) in [7, 11) is 3.38. The molecule has 2 unspecified atom stereocenters. The van der Waals surface area contributed by atoms with E-state index in [4.69, 9.17) is 26.3 Å². The molecule has 1 fully saturated rings. The van der Waals surface area contributed by atoms with E-state index in [0.717, 1.165) is 28.8 Å². The Balaban J connectivity index is 1.39. The van der Waals surface area contributed by atoms with Crippen molar-refractivity contribution in [2.75, 3.05) is 32.1 Å². The molecule has 232 valence electrons. The van der Waals surface area contributed by atoms with E-state index in [1.54, 1.807) is 18.2 Å². The molecule has 0 aliphatic carbocycles. The zero-order chi connectivity index (χ0) is 32.1. The van der Waals surface area contributed by atoms with E-state index < -0.39 is 11.8 Å². The molecule has 4 heterocycles. The minimum absolute atomic E-state index is 0.0708. The summed E-state index contributed by atoms with van der Waals surface area (Å²) in [5.74, 6) is -0.0425. The number of hydrogen-bond acceptors (Lipinski definition) is 6. The first-order valence-electron chi connectivity index (χ1n) is 14.8. The molecule has 5 rings (SSSR count). The fraction of sp³-hybridized carbons (Fsp3) is 0.412. The molecule has 1 aromatic carbocycles. The predicted molar refractivity (Wildman–Crippen MR) is 172 cm³/mol. The van der Waals surface area contributed by atoms with Crippen molar-refractivity contribution in [3.8, 4) is 11.1 Å². The van der Waals surface area contributed by atoms with Gasteiger partial charge in [0.15, 0.2) is 0 Å². The van der Waals surface area contributed by atoms with Crippen LogP contribution in [0, 0.1) is 25.6 Å². The van der Waals surface area contributed by atoms with Crippen LogP contribution in [0.25, 0.3) is 22.2 Å². The maximum atomic E-state index is 14.4. The number of hydrogen-bond donors (Lipinski definition) is 0. The van der Waals surface area contributed by atoms with E-state index in [9.17, 15) is 14.0 Å². The Hall–Kier alpha value is -3.98. The maximum Gasteiger partial charge on any atom is 0.339 e. The lowest BCUT2D eigenvalue weighted by atomic mass is 9.92. The summed E-state index contributed by atoms with van der Waals surface area (Å²) < 4.78 is 21.3. The van der Waals surface area contributed by atoms with Gasteiger partial charge in [0.05, 0.1) is 23.4 Å². The summed E-state index contributed by atoms with van der Waals surface area (Å²) in [4.78, 5) is 39.6. The largest absolute Gasteiger partial charge is 0.465 e. The number of rotatable bonds is 5. The van der Waals surface area contributed by atoms with E-state index in [1.807, 2.05) is 48.7 Å². The van der Waals surface area contributed by atoms with Gasteiger partial charge in [-0.15, -0.1) is 0 Å². The van der Waals surface area contributed by atoms with Crippen LogP contribution in [-0.4, -0.2) is 64.6 Å². The molecule has 8 nitrogen and oxygen atoms in total. The van der Waals surface area contributed by atoms with Crippen LogP contribution in [0.1, 0.15) is 66.2 Å². The highest BCUT2D eigenvalue weighted by atomic mass is 35.5. The number of carbonyl (C=O) groups is 2. The lowest BCUT2D eigenvalue weighted by Crippen LogP contribution is -2.51. The van der Waals surface area contributed by atoms with Crippen molar-refractivity contribution in [1.29, 1.82) is 0 Å². The summed E-state index contributed by atoms with van der Waals surface area (Å²) in [5, 5.41) is 0.907. The van der Waals surface area contributed by atoms with Crippen LogP contribution in [0.15, 0.2) is 42.6 Å². The molecule has 1 saturated heterocycles. The molecule has 0 saturated carbocycles. The fourth-order valence-corrected chi connectivity index (χ4v) is 6.37.